The van der Waals surface area contributed by atoms with Crippen molar-refractivity contribution in [3.63, 3.8) is 0 Å². The first-order valence-electron chi connectivity index (χ1n) is 6.65. The first-order valence-corrected chi connectivity index (χ1v) is 8.14. The Kier molecular flexibility index (Phi) is 11.5. The summed E-state index contributed by atoms with van der Waals surface area (Å²) >= 11 is -0.691. The molecule has 0 bridgehead atoms. The SMILES string of the molecule is CC(C)CNCC[S+]([O-])CCCOCC(C)C. The first kappa shape index (κ1) is 17.2. The van der Waals surface area contributed by atoms with Crippen molar-refractivity contribution in [2.75, 3.05) is 37.8 Å². The molecule has 1 unspecified atom stereocenters. The van der Waals surface area contributed by atoms with E-state index in [0.29, 0.717) is 11.8 Å². The maximum Gasteiger partial charge on any atom is 0.117 e. The van der Waals surface area contributed by atoms with Crippen molar-refractivity contribution in [2.24, 2.45) is 11.8 Å². The molecule has 0 saturated carbocycles. The Balaban J connectivity index is 3.20. The zero-order chi connectivity index (χ0) is 13.1. The quantitative estimate of drug-likeness (QED) is 0.458. The molecule has 0 aliphatic heterocycles. The van der Waals surface area contributed by atoms with Crippen LogP contribution in [-0.4, -0.2) is 42.4 Å². The average Bonchev–Trinajstić information content (AvgIpc) is 2.23. The normalized spacial score (nSPS) is 13.6. The summed E-state index contributed by atoms with van der Waals surface area (Å²) in [5.74, 6) is 2.77. The Hall–Kier alpha value is 0.230. The largest absolute Gasteiger partial charge is 0.616 e. The summed E-state index contributed by atoms with van der Waals surface area (Å²) < 4.78 is 17.1. The lowest BCUT2D eigenvalue weighted by Crippen LogP contribution is -2.27. The van der Waals surface area contributed by atoms with Crippen LogP contribution in [-0.2, 0) is 15.9 Å². The minimum absolute atomic E-state index is 0.584. The lowest BCUT2D eigenvalue weighted by atomic mass is 10.2. The monoisotopic (exact) mass is 263 g/mol. The van der Waals surface area contributed by atoms with E-state index in [1.54, 1.807) is 0 Å². The van der Waals surface area contributed by atoms with E-state index in [1.807, 2.05) is 0 Å². The minimum atomic E-state index is -0.691. The van der Waals surface area contributed by atoms with Gasteiger partial charge in [-0.3, -0.25) is 0 Å². The van der Waals surface area contributed by atoms with Crippen LogP contribution in [0.1, 0.15) is 34.1 Å². The molecule has 0 fully saturated rings. The Bertz CT molecular complexity index is 165. The summed E-state index contributed by atoms with van der Waals surface area (Å²) in [7, 11) is 0. The third-order valence-corrected chi connectivity index (χ3v) is 3.57. The van der Waals surface area contributed by atoms with Crippen LogP contribution in [0.2, 0.25) is 0 Å². The van der Waals surface area contributed by atoms with Gasteiger partial charge in [0.1, 0.15) is 11.5 Å². The van der Waals surface area contributed by atoms with E-state index in [0.717, 1.165) is 44.2 Å². The molecule has 1 N–H and O–H groups in total. The minimum Gasteiger partial charge on any atom is -0.616 e. The fourth-order valence-electron chi connectivity index (χ4n) is 1.32. The van der Waals surface area contributed by atoms with Crippen molar-refractivity contribution in [2.45, 2.75) is 34.1 Å². The van der Waals surface area contributed by atoms with Gasteiger partial charge in [0.25, 0.3) is 0 Å². The van der Waals surface area contributed by atoms with Gasteiger partial charge in [0.05, 0.1) is 6.61 Å². The smallest absolute Gasteiger partial charge is 0.117 e. The summed E-state index contributed by atoms with van der Waals surface area (Å²) in [6.07, 6.45) is 0.906. The maximum absolute atomic E-state index is 11.6. The highest BCUT2D eigenvalue weighted by Crippen LogP contribution is 1.97. The lowest BCUT2D eigenvalue weighted by Gasteiger charge is -2.13. The standard InChI is InChI=1S/C13H29NO2S/c1-12(2)10-14-6-9-17(15)8-5-7-16-11-13(3)4/h12-14H,5-11H2,1-4H3. The van der Waals surface area contributed by atoms with E-state index in [1.165, 1.54) is 0 Å². The average molecular weight is 263 g/mol. The summed E-state index contributed by atoms with van der Waals surface area (Å²) in [6.45, 7) is 12.0. The van der Waals surface area contributed by atoms with Crippen molar-refractivity contribution in [1.82, 2.24) is 5.32 Å². The van der Waals surface area contributed by atoms with Crippen LogP contribution in [0.15, 0.2) is 0 Å². The fraction of sp³-hybridized carbons (Fsp3) is 1.00. The zero-order valence-electron chi connectivity index (χ0n) is 11.8. The van der Waals surface area contributed by atoms with Crippen LogP contribution >= 0.6 is 0 Å². The van der Waals surface area contributed by atoms with Gasteiger partial charge in [0.15, 0.2) is 0 Å². The van der Waals surface area contributed by atoms with Crippen LogP contribution in [0.5, 0.6) is 0 Å². The molecule has 17 heavy (non-hydrogen) atoms. The molecular formula is C13H29NO2S. The summed E-state index contributed by atoms with van der Waals surface area (Å²) in [4.78, 5) is 0. The highest BCUT2D eigenvalue weighted by Gasteiger charge is 2.05. The zero-order valence-corrected chi connectivity index (χ0v) is 12.6. The van der Waals surface area contributed by atoms with E-state index in [2.05, 4.69) is 33.0 Å². The summed E-state index contributed by atoms with van der Waals surface area (Å²) in [5.41, 5.74) is 0. The van der Waals surface area contributed by atoms with E-state index in [4.69, 9.17) is 4.74 Å². The summed E-state index contributed by atoms with van der Waals surface area (Å²) in [5, 5.41) is 3.31. The molecule has 0 aliphatic rings. The number of rotatable bonds is 11. The molecule has 0 aromatic rings. The van der Waals surface area contributed by atoms with Gasteiger partial charge in [-0.25, -0.2) is 0 Å². The Labute approximate surface area is 110 Å². The number of nitrogens with one attached hydrogen (secondary N) is 1. The van der Waals surface area contributed by atoms with Crippen molar-refractivity contribution >= 4 is 11.2 Å². The Morgan fingerprint density at radius 3 is 2.41 bits per heavy atom. The fourth-order valence-corrected chi connectivity index (χ4v) is 2.34. The topological polar surface area (TPSA) is 44.3 Å². The van der Waals surface area contributed by atoms with Crippen molar-refractivity contribution in [1.29, 1.82) is 0 Å². The third kappa shape index (κ3) is 14.2. The Morgan fingerprint density at radius 2 is 1.82 bits per heavy atom. The van der Waals surface area contributed by atoms with Crippen LogP contribution in [0.4, 0.5) is 0 Å². The highest BCUT2D eigenvalue weighted by molar-refractivity contribution is 7.91. The molecule has 4 heteroatoms. The number of hydrogen-bond donors (Lipinski definition) is 1. The molecule has 0 heterocycles. The molecule has 0 aliphatic carbocycles. The molecule has 0 saturated heterocycles. The molecule has 0 spiro atoms. The van der Waals surface area contributed by atoms with Gasteiger partial charge >= 0.3 is 0 Å². The van der Waals surface area contributed by atoms with Crippen molar-refractivity contribution < 1.29 is 9.29 Å². The predicted molar refractivity (Wildman–Crippen MR) is 75.9 cm³/mol. The van der Waals surface area contributed by atoms with Crippen LogP contribution in [0, 0.1) is 11.8 Å². The molecule has 1 atom stereocenters. The molecular weight excluding hydrogens is 234 g/mol. The van der Waals surface area contributed by atoms with Crippen molar-refractivity contribution in [3.05, 3.63) is 0 Å². The van der Waals surface area contributed by atoms with Crippen LogP contribution in [0.25, 0.3) is 0 Å². The van der Waals surface area contributed by atoms with E-state index in [9.17, 15) is 4.55 Å². The molecule has 104 valence electrons. The molecule has 0 amide bonds. The van der Waals surface area contributed by atoms with Gasteiger partial charge in [-0.05, 0) is 18.4 Å². The second-order valence-corrected chi connectivity index (χ2v) is 6.96. The van der Waals surface area contributed by atoms with Crippen LogP contribution < -0.4 is 5.32 Å². The molecule has 0 rings (SSSR count). The third-order valence-electron chi connectivity index (χ3n) is 2.17. The Morgan fingerprint density at radius 1 is 1.12 bits per heavy atom. The molecule has 3 nitrogen and oxygen atoms in total. The lowest BCUT2D eigenvalue weighted by molar-refractivity contribution is 0.111. The van der Waals surface area contributed by atoms with Crippen molar-refractivity contribution in [3.8, 4) is 0 Å². The van der Waals surface area contributed by atoms with Gasteiger partial charge in [-0.1, -0.05) is 38.9 Å². The van der Waals surface area contributed by atoms with Gasteiger partial charge in [-0.15, -0.1) is 0 Å². The highest BCUT2D eigenvalue weighted by atomic mass is 32.2. The van der Waals surface area contributed by atoms with Gasteiger partial charge in [0.2, 0.25) is 0 Å². The predicted octanol–water partition coefficient (Wildman–Crippen LogP) is 2.04. The summed E-state index contributed by atoms with van der Waals surface area (Å²) in [6, 6.07) is 0. The van der Waals surface area contributed by atoms with E-state index < -0.39 is 11.2 Å². The number of ether oxygens (including phenoxy) is 1. The second-order valence-electron chi connectivity index (χ2n) is 5.27. The van der Waals surface area contributed by atoms with E-state index >= 15 is 0 Å². The molecule has 0 radical (unpaired) electrons. The van der Waals surface area contributed by atoms with Gasteiger partial charge in [0, 0.05) is 19.6 Å². The first-order chi connectivity index (χ1) is 8.02. The second kappa shape index (κ2) is 11.3. The molecule has 0 aromatic carbocycles. The maximum atomic E-state index is 11.6. The number of hydrogen-bond acceptors (Lipinski definition) is 3. The molecule has 0 aromatic heterocycles. The van der Waals surface area contributed by atoms with Crippen LogP contribution in [0.3, 0.4) is 0 Å². The van der Waals surface area contributed by atoms with E-state index in [-0.39, 0.29) is 0 Å². The van der Waals surface area contributed by atoms with Gasteiger partial charge in [-0.2, -0.15) is 0 Å². The van der Waals surface area contributed by atoms with Gasteiger partial charge < -0.3 is 14.6 Å².